The molecule has 2 amide bonds. The van der Waals surface area contributed by atoms with Gasteiger partial charge in [-0.05, 0) is 41.0 Å². The standard InChI is InChI=1S/C32H31N5O4/c1-40-28-18-17-25(19-29(28)41-2)31(32(39)33-20-23-11-5-3-6-12-23)36(21-24-13-7-4-8-14-24)30(38)22-37-27-16-10-9-15-26(27)34-35-37/h3-19,31H,20-22H2,1-2H3,(H,33,39). The predicted molar refractivity (Wildman–Crippen MR) is 155 cm³/mol. The number of para-hydroxylation sites is 1. The van der Waals surface area contributed by atoms with Crippen LogP contribution in [-0.4, -0.2) is 45.9 Å². The monoisotopic (exact) mass is 549 g/mol. The van der Waals surface area contributed by atoms with Crippen LogP contribution in [-0.2, 0) is 29.2 Å². The van der Waals surface area contributed by atoms with Crippen LogP contribution in [0.3, 0.4) is 0 Å². The van der Waals surface area contributed by atoms with Crippen LogP contribution >= 0.6 is 0 Å². The number of hydrogen-bond acceptors (Lipinski definition) is 6. The molecule has 41 heavy (non-hydrogen) atoms. The van der Waals surface area contributed by atoms with Crippen molar-refractivity contribution in [1.29, 1.82) is 0 Å². The molecule has 9 heteroatoms. The van der Waals surface area contributed by atoms with Crippen LogP contribution in [0.4, 0.5) is 0 Å². The van der Waals surface area contributed by atoms with Crippen molar-refractivity contribution >= 4 is 22.8 Å². The van der Waals surface area contributed by atoms with Crippen LogP contribution in [0.5, 0.6) is 11.5 Å². The Morgan fingerprint density at radius 1 is 0.829 bits per heavy atom. The fraction of sp³-hybridized carbons (Fsp3) is 0.188. The molecule has 1 unspecified atom stereocenters. The molecule has 0 saturated carbocycles. The van der Waals surface area contributed by atoms with Gasteiger partial charge in [0.05, 0.1) is 19.7 Å². The van der Waals surface area contributed by atoms with E-state index in [9.17, 15) is 9.59 Å². The largest absolute Gasteiger partial charge is 0.493 e. The van der Waals surface area contributed by atoms with E-state index in [1.807, 2.05) is 84.9 Å². The van der Waals surface area contributed by atoms with E-state index in [0.29, 0.717) is 29.1 Å². The van der Waals surface area contributed by atoms with Gasteiger partial charge in [-0.15, -0.1) is 5.10 Å². The summed E-state index contributed by atoms with van der Waals surface area (Å²) < 4.78 is 12.5. The Morgan fingerprint density at radius 3 is 2.20 bits per heavy atom. The van der Waals surface area contributed by atoms with Crippen LogP contribution in [0.25, 0.3) is 11.0 Å². The summed E-state index contributed by atoms with van der Waals surface area (Å²) in [5.74, 6) is 0.364. The van der Waals surface area contributed by atoms with E-state index in [2.05, 4.69) is 15.6 Å². The zero-order chi connectivity index (χ0) is 28.6. The van der Waals surface area contributed by atoms with Crippen molar-refractivity contribution in [3.8, 4) is 11.5 Å². The molecular formula is C32H31N5O4. The molecule has 0 radical (unpaired) electrons. The van der Waals surface area contributed by atoms with Gasteiger partial charge in [0.1, 0.15) is 18.1 Å². The maximum Gasteiger partial charge on any atom is 0.247 e. The number of fused-ring (bicyclic) bond motifs is 1. The molecule has 208 valence electrons. The molecule has 4 aromatic carbocycles. The minimum atomic E-state index is -0.971. The molecule has 1 N–H and O–H groups in total. The van der Waals surface area contributed by atoms with Gasteiger partial charge < -0.3 is 19.7 Å². The van der Waals surface area contributed by atoms with Crippen molar-refractivity contribution in [3.05, 3.63) is 120 Å². The van der Waals surface area contributed by atoms with Gasteiger partial charge >= 0.3 is 0 Å². The van der Waals surface area contributed by atoms with Crippen LogP contribution in [0, 0.1) is 0 Å². The average Bonchev–Trinajstić information content (AvgIpc) is 3.43. The summed E-state index contributed by atoms with van der Waals surface area (Å²) in [6, 6.07) is 31.0. The number of carbonyl (C=O) groups is 2. The molecule has 1 heterocycles. The Hall–Kier alpha value is -5.18. The lowest BCUT2D eigenvalue weighted by Crippen LogP contribution is -2.44. The molecule has 0 bridgehead atoms. The molecule has 0 aliphatic carbocycles. The molecule has 5 aromatic rings. The van der Waals surface area contributed by atoms with Gasteiger partial charge in [0.15, 0.2) is 11.5 Å². The summed E-state index contributed by atoms with van der Waals surface area (Å²) in [5, 5.41) is 11.4. The summed E-state index contributed by atoms with van der Waals surface area (Å²) in [7, 11) is 3.09. The molecule has 0 aliphatic heterocycles. The lowest BCUT2D eigenvalue weighted by Gasteiger charge is -2.32. The molecule has 0 aliphatic rings. The van der Waals surface area contributed by atoms with Crippen LogP contribution in [0.15, 0.2) is 103 Å². The number of nitrogens with one attached hydrogen (secondary N) is 1. The van der Waals surface area contributed by atoms with Crippen molar-refractivity contribution in [2.24, 2.45) is 0 Å². The first-order valence-corrected chi connectivity index (χ1v) is 13.2. The zero-order valence-corrected chi connectivity index (χ0v) is 22.9. The van der Waals surface area contributed by atoms with E-state index in [1.54, 1.807) is 34.9 Å². The van der Waals surface area contributed by atoms with Gasteiger partial charge in [-0.25, -0.2) is 4.68 Å². The maximum atomic E-state index is 14.1. The third-order valence-corrected chi connectivity index (χ3v) is 6.81. The number of hydrogen-bond donors (Lipinski definition) is 1. The third kappa shape index (κ3) is 6.36. The Labute approximate surface area is 238 Å². The number of ether oxygens (including phenoxy) is 2. The molecule has 0 spiro atoms. The number of benzene rings is 4. The second-order valence-corrected chi connectivity index (χ2v) is 9.46. The first-order valence-electron chi connectivity index (χ1n) is 13.2. The summed E-state index contributed by atoms with van der Waals surface area (Å²) in [6.07, 6.45) is 0. The molecular weight excluding hydrogens is 518 g/mol. The summed E-state index contributed by atoms with van der Waals surface area (Å²) >= 11 is 0. The van der Waals surface area contributed by atoms with Gasteiger partial charge in [-0.3, -0.25) is 9.59 Å². The average molecular weight is 550 g/mol. The quantitative estimate of drug-likeness (QED) is 0.260. The van der Waals surface area contributed by atoms with Crippen molar-refractivity contribution in [3.63, 3.8) is 0 Å². The van der Waals surface area contributed by atoms with Gasteiger partial charge in [0, 0.05) is 13.1 Å². The lowest BCUT2D eigenvalue weighted by molar-refractivity contribution is -0.142. The highest BCUT2D eigenvalue weighted by atomic mass is 16.5. The number of carbonyl (C=O) groups excluding carboxylic acids is 2. The predicted octanol–water partition coefficient (Wildman–Crippen LogP) is 4.54. The van der Waals surface area contributed by atoms with E-state index < -0.39 is 6.04 Å². The van der Waals surface area contributed by atoms with Crippen LogP contribution in [0.1, 0.15) is 22.7 Å². The van der Waals surface area contributed by atoms with E-state index in [4.69, 9.17) is 9.47 Å². The van der Waals surface area contributed by atoms with Crippen molar-refractivity contribution in [1.82, 2.24) is 25.2 Å². The van der Waals surface area contributed by atoms with E-state index in [1.165, 1.54) is 7.11 Å². The van der Waals surface area contributed by atoms with Crippen molar-refractivity contribution < 1.29 is 19.1 Å². The minimum absolute atomic E-state index is 0.0941. The minimum Gasteiger partial charge on any atom is -0.493 e. The molecule has 0 saturated heterocycles. The van der Waals surface area contributed by atoms with E-state index in [0.717, 1.165) is 16.6 Å². The smallest absolute Gasteiger partial charge is 0.247 e. The Morgan fingerprint density at radius 2 is 1.49 bits per heavy atom. The van der Waals surface area contributed by atoms with Crippen LogP contribution in [0.2, 0.25) is 0 Å². The molecule has 0 fully saturated rings. The number of amides is 2. The highest BCUT2D eigenvalue weighted by molar-refractivity contribution is 5.89. The second kappa shape index (κ2) is 12.8. The fourth-order valence-corrected chi connectivity index (χ4v) is 4.73. The summed E-state index contributed by atoms with van der Waals surface area (Å²) in [4.78, 5) is 29.7. The number of aromatic nitrogens is 3. The second-order valence-electron chi connectivity index (χ2n) is 9.46. The van der Waals surface area contributed by atoms with Gasteiger partial charge in [0.2, 0.25) is 11.8 Å². The van der Waals surface area contributed by atoms with Gasteiger partial charge in [0.25, 0.3) is 0 Å². The van der Waals surface area contributed by atoms with Gasteiger partial charge in [-0.2, -0.15) is 0 Å². The Balaban J connectivity index is 1.55. The topological polar surface area (TPSA) is 98.6 Å². The first-order chi connectivity index (χ1) is 20.1. The van der Waals surface area contributed by atoms with Gasteiger partial charge in [-0.1, -0.05) is 84.1 Å². The van der Waals surface area contributed by atoms with Crippen molar-refractivity contribution in [2.45, 2.75) is 25.7 Å². The highest BCUT2D eigenvalue weighted by Crippen LogP contribution is 2.33. The van der Waals surface area contributed by atoms with Crippen LogP contribution < -0.4 is 14.8 Å². The Kier molecular flexibility index (Phi) is 8.54. The van der Waals surface area contributed by atoms with E-state index >= 15 is 0 Å². The highest BCUT2D eigenvalue weighted by Gasteiger charge is 2.33. The number of rotatable bonds is 11. The van der Waals surface area contributed by atoms with E-state index in [-0.39, 0.29) is 24.9 Å². The molecule has 1 aromatic heterocycles. The third-order valence-electron chi connectivity index (χ3n) is 6.81. The van der Waals surface area contributed by atoms with Crippen molar-refractivity contribution in [2.75, 3.05) is 14.2 Å². The molecule has 1 atom stereocenters. The first kappa shape index (κ1) is 27.4. The fourth-order valence-electron chi connectivity index (χ4n) is 4.73. The lowest BCUT2D eigenvalue weighted by atomic mass is 10.0. The summed E-state index contributed by atoms with van der Waals surface area (Å²) in [6.45, 7) is 0.414. The molecule has 9 nitrogen and oxygen atoms in total. The SMILES string of the molecule is COc1ccc(C(C(=O)NCc2ccccc2)N(Cc2ccccc2)C(=O)Cn2nnc3ccccc32)cc1OC. The molecule has 5 rings (SSSR count). The maximum absolute atomic E-state index is 14.1. The summed E-state index contributed by atoms with van der Waals surface area (Å²) in [5.41, 5.74) is 3.83. The number of nitrogens with zero attached hydrogens (tertiary/aromatic N) is 4. The Bertz CT molecular complexity index is 1620. The normalized spacial score (nSPS) is 11.6. The number of methoxy groups -OCH3 is 2. The zero-order valence-electron chi connectivity index (χ0n) is 22.9.